The second-order valence-electron chi connectivity index (χ2n) is 9.64. The van der Waals surface area contributed by atoms with Gasteiger partial charge in [0, 0.05) is 34.0 Å². The molecule has 0 radical (unpaired) electrons. The Morgan fingerprint density at radius 2 is 1.89 bits per heavy atom. The number of urea groups is 1. The van der Waals surface area contributed by atoms with Crippen molar-refractivity contribution in [3.05, 3.63) is 42.5 Å². The minimum atomic E-state index is -0.938. The van der Waals surface area contributed by atoms with Crippen LogP contribution in [0.3, 0.4) is 0 Å². The van der Waals surface area contributed by atoms with Gasteiger partial charge in [-0.2, -0.15) is 0 Å². The Balaban J connectivity index is 1.21. The summed E-state index contributed by atoms with van der Waals surface area (Å²) in [5.74, 6) is -1.70. The Kier molecular flexibility index (Phi) is 6.15. The van der Waals surface area contributed by atoms with E-state index in [1.165, 1.54) is 0 Å². The highest BCUT2D eigenvalue weighted by Gasteiger charge is 2.55. The van der Waals surface area contributed by atoms with Gasteiger partial charge >= 0.3 is 12.0 Å². The van der Waals surface area contributed by atoms with Gasteiger partial charge in [-0.25, -0.2) is 4.79 Å². The number of nitrogens with zero attached hydrogens (tertiary/aromatic N) is 2. The maximum absolute atomic E-state index is 13.0. The predicted molar refractivity (Wildman–Crippen MR) is 135 cm³/mol. The van der Waals surface area contributed by atoms with Crippen LogP contribution in [-0.2, 0) is 25.7 Å². The number of hydrogen-bond donors (Lipinski definition) is 2. The quantitative estimate of drug-likeness (QED) is 0.404. The van der Waals surface area contributed by atoms with E-state index in [1.54, 1.807) is 0 Å². The number of amides is 4. The zero-order valence-electron chi connectivity index (χ0n) is 20.5. The Labute approximate surface area is 208 Å². The second-order valence-corrected chi connectivity index (χ2v) is 9.64. The van der Waals surface area contributed by atoms with Gasteiger partial charge in [-0.3, -0.25) is 19.3 Å². The van der Waals surface area contributed by atoms with Crippen LogP contribution in [0, 0.1) is 5.92 Å². The van der Waals surface area contributed by atoms with Crippen LogP contribution in [0.2, 0.25) is 0 Å². The molecule has 9 nitrogen and oxygen atoms in total. The van der Waals surface area contributed by atoms with Crippen molar-refractivity contribution in [2.24, 2.45) is 5.92 Å². The Hall–Kier alpha value is -3.88. The third-order valence-electron chi connectivity index (χ3n) is 7.53. The number of aryl methyl sites for hydroxylation is 1. The molecule has 1 aliphatic carbocycles. The lowest BCUT2D eigenvalue weighted by Crippen LogP contribution is -2.54. The molecule has 2 aliphatic rings. The molecule has 1 spiro atoms. The Morgan fingerprint density at radius 1 is 1.11 bits per heavy atom. The number of nitrogens with one attached hydrogen (secondary N) is 2. The van der Waals surface area contributed by atoms with Crippen molar-refractivity contribution in [2.75, 3.05) is 18.5 Å². The van der Waals surface area contributed by atoms with Gasteiger partial charge in [0.05, 0.1) is 0 Å². The fourth-order valence-electron chi connectivity index (χ4n) is 5.63. The van der Waals surface area contributed by atoms with Crippen LogP contribution in [-0.4, -0.2) is 52.0 Å². The van der Waals surface area contributed by atoms with E-state index < -0.39 is 36.6 Å². The fourth-order valence-corrected chi connectivity index (χ4v) is 5.63. The summed E-state index contributed by atoms with van der Waals surface area (Å²) in [7, 11) is 0. The number of anilines is 1. The number of fused-ring (bicyclic) bond motifs is 3. The zero-order valence-corrected chi connectivity index (χ0v) is 20.5. The molecule has 2 unspecified atom stereocenters. The van der Waals surface area contributed by atoms with Crippen LogP contribution >= 0.6 is 0 Å². The van der Waals surface area contributed by atoms with Gasteiger partial charge in [-0.1, -0.05) is 38.0 Å². The summed E-state index contributed by atoms with van der Waals surface area (Å²) in [4.78, 5) is 51.2. The number of para-hydroxylation sites is 1. The first-order valence-corrected chi connectivity index (χ1v) is 12.4. The topological polar surface area (TPSA) is 110 Å². The first-order valence-electron chi connectivity index (χ1n) is 12.4. The van der Waals surface area contributed by atoms with E-state index in [1.807, 2.05) is 43.3 Å². The monoisotopic (exact) mass is 490 g/mol. The van der Waals surface area contributed by atoms with Gasteiger partial charge in [-0.15, -0.1) is 0 Å². The lowest BCUT2D eigenvalue weighted by Gasteiger charge is -2.36. The third-order valence-corrected chi connectivity index (χ3v) is 7.53. The second kappa shape index (κ2) is 9.29. The van der Waals surface area contributed by atoms with Crippen molar-refractivity contribution in [1.29, 1.82) is 0 Å². The maximum atomic E-state index is 13.0. The molecule has 1 aliphatic heterocycles. The summed E-state index contributed by atoms with van der Waals surface area (Å²) >= 11 is 0. The average molecular weight is 491 g/mol. The largest absolute Gasteiger partial charge is 0.454 e. The summed E-state index contributed by atoms with van der Waals surface area (Å²) in [6.45, 7) is 3.82. The SMILES string of the molecule is CCn1c2ccccc2c2cc(NC(=O)COC(=O)CN3C(=O)NC4(CCCCC4C)C3=O)ccc21. The van der Waals surface area contributed by atoms with E-state index >= 15 is 0 Å². The zero-order chi connectivity index (χ0) is 25.4. The summed E-state index contributed by atoms with van der Waals surface area (Å²) in [6.07, 6.45) is 3.26. The highest BCUT2D eigenvalue weighted by molar-refractivity contribution is 6.10. The predicted octanol–water partition coefficient (Wildman–Crippen LogP) is 3.80. The van der Waals surface area contributed by atoms with Crippen LogP contribution in [0.15, 0.2) is 42.5 Å². The molecule has 2 N–H and O–H groups in total. The van der Waals surface area contributed by atoms with Gasteiger partial charge < -0.3 is 19.9 Å². The Bertz CT molecular complexity index is 1380. The van der Waals surface area contributed by atoms with Gasteiger partial charge in [0.2, 0.25) is 0 Å². The number of carbonyl (C=O) groups is 4. The molecule has 3 aromatic rings. The number of benzene rings is 2. The maximum Gasteiger partial charge on any atom is 0.326 e. The number of esters is 1. The number of hydrogen-bond acceptors (Lipinski definition) is 5. The first-order chi connectivity index (χ1) is 17.3. The van der Waals surface area contributed by atoms with E-state index in [0.29, 0.717) is 12.1 Å². The van der Waals surface area contributed by atoms with Crippen molar-refractivity contribution >= 4 is 51.3 Å². The summed E-state index contributed by atoms with van der Waals surface area (Å²) in [6, 6.07) is 13.2. The fraction of sp³-hybridized carbons (Fsp3) is 0.407. The highest BCUT2D eigenvalue weighted by Crippen LogP contribution is 2.38. The van der Waals surface area contributed by atoms with E-state index in [9.17, 15) is 19.2 Å². The molecular weight excluding hydrogens is 460 g/mol. The summed E-state index contributed by atoms with van der Waals surface area (Å²) in [5, 5.41) is 7.68. The minimum Gasteiger partial charge on any atom is -0.454 e. The normalized spacial score (nSPS) is 21.8. The smallest absolute Gasteiger partial charge is 0.326 e. The van der Waals surface area contributed by atoms with Crippen LogP contribution in [0.1, 0.15) is 39.5 Å². The summed E-state index contributed by atoms with van der Waals surface area (Å²) in [5.41, 5.74) is 1.84. The lowest BCUT2D eigenvalue weighted by molar-refractivity contribution is -0.150. The van der Waals surface area contributed by atoms with Crippen LogP contribution < -0.4 is 10.6 Å². The van der Waals surface area contributed by atoms with Crippen LogP contribution in [0.25, 0.3) is 21.8 Å². The number of carbonyl (C=O) groups excluding carboxylic acids is 4. The van der Waals surface area contributed by atoms with Gasteiger partial charge in [0.1, 0.15) is 12.1 Å². The number of rotatable bonds is 6. The molecular formula is C27H30N4O5. The molecule has 2 heterocycles. The average Bonchev–Trinajstić information content (AvgIpc) is 3.31. The van der Waals surface area contributed by atoms with E-state index in [4.69, 9.17) is 4.74 Å². The molecule has 36 heavy (non-hydrogen) atoms. The van der Waals surface area contributed by atoms with Crippen molar-refractivity contribution < 1.29 is 23.9 Å². The highest BCUT2D eigenvalue weighted by atomic mass is 16.5. The minimum absolute atomic E-state index is 0.00168. The molecule has 5 rings (SSSR count). The molecule has 0 bridgehead atoms. The third kappa shape index (κ3) is 3.98. The van der Waals surface area contributed by atoms with Gasteiger partial charge in [0.25, 0.3) is 11.8 Å². The molecule has 1 saturated heterocycles. The van der Waals surface area contributed by atoms with E-state index in [-0.39, 0.29) is 11.8 Å². The van der Waals surface area contributed by atoms with Crippen molar-refractivity contribution in [3.63, 3.8) is 0 Å². The Morgan fingerprint density at radius 3 is 2.67 bits per heavy atom. The number of ether oxygens (including phenoxy) is 1. The van der Waals surface area contributed by atoms with Crippen LogP contribution in [0.4, 0.5) is 10.5 Å². The van der Waals surface area contributed by atoms with E-state index in [0.717, 1.165) is 52.5 Å². The summed E-state index contributed by atoms with van der Waals surface area (Å²) < 4.78 is 7.30. The molecule has 2 fully saturated rings. The standard InChI is InChI=1S/C27H30N4O5/c1-3-30-21-10-5-4-9-19(21)20-14-18(11-12-22(20)30)28-23(32)16-36-24(33)15-31-25(34)27(29-26(31)35)13-7-6-8-17(27)2/h4-5,9-12,14,17H,3,6-8,13,15-16H2,1-2H3,(H,28,32)(H,29,35). The van der Waals surface area contributed by atoms with Crippen molar-refractivity contribution in [1.82, 2.24) is 14.8 Å². The van der Waals surface area contributed by atoms with E-state index in [2.05, 4.69) is 28.2 Å². The van der Waals surface area contributed by atoms with Crippen molar-refractivity contribution in [2.45, 2.75) is 51.6 Å². The van der Waals surface area contributed by atoms with Gasteiger partial charge in [-0.05, 0) is 49.9 Å². The molecule has 2 aromatic carbocycles. The number of imide groups is 1. The molecule has 9 heteroatoms. The van der Waals surface area contributed by atoms with Gasteiger partial charge in [0.15, 0.2) is 6.61 Å². The molecule has 188 valence electrons. The lowest BCUT2D eigenvalue weighted by atomic mass is 9.73. The van der Waals surface area contributed by atoms with Crippen LogP contribution in [0.5, 0.6) is 0 Å². The van der Waals surface area contributed by atoms with Crippen molar-refractivity contribution in [3.8, 4) is 0 Å². The molecule has 1 aromatic heterocycles. The molecule has 2 atom stereocenters. The first kappa shape index (κ1) is 23.8. The molecule has 4 amide bonds. The molecule has 1 saturated carbocycles. The number of aromatic nitrogens is 1.